The maximum atomic E-state index is 13.7. The van der Waals surface area contributed by atoms with Crippen LogP contribution < -0.4 is 10.1 Å². The van der Waals surface area contributed by atoms with Crippen molar-refractivity contribution in [3.05, 3.63) is 29.1 Å². The van der Waals surface area contributed by atoms with Crippen molar-refractivity contribution in [1.29, 1.82) is 0 Å². The van der Waals surface area contributed by atoms with E-state index in [2.05, 4.69) is 10.1 Å². The lowest BCUT2D eigenvalue weighted by atomic mass is 9.98. The molecule has 1 aromatic rings. The summed E-state index contributed by atoms with van der Waals surface area (Å²) in [6.45, 7) is 7.22. The Kier molecular flexibility index (Phi) is 4.73. The van der Waals surface area contributed by atoms with Crippen LogP contribution >= 0.6 is 0 Å². The third kappa shape index (κ3) is 4.15. The third-order valence-corrected chi connectivity index (χ3v) is 3.45. The van der Waals surface area contributed by atoms with E-state index in [1.165, 1.54) is 13.2 Å². The molecule has 7 heteroatoms. The molecule has 1 amide bonds. The molecule has 1 atom stereocenters. The van der Waals surface area contributed by atoms with E-state index in [1.54, 1.807) is 27.7 Å². The van der Waals surface area contributed by atoms with Gasteiger partial charge in [0.25, 0.3) is 0 Å². The van der Waals surface area contributed by atoms with Gasteiger partial charge >= 0.3 is 12.1 Å². The molecule has 1 aliphatic rings. The normalized spacial score (nSPS) is 19.2. The Hall–Kier alpha value is -2.31. The monoisotopic (exact) mass is 339 g/mol. The average molecular weight is 339 g/mol. The topological polar surface area (TPSA) is 73.9 Å². The number of carbonyl (C=O) groups excluding carboxylic acids is 2. The fourth-order valence-electron chi connectivity index (χ4n) is 2.52. The summed E-state index contributed by atoms with van der Waals surface area (Å²) in [5.74, 6) is -0.922. The molecule has 24 heavy (non-hydrogen) atoms. The number of benzene rings is 1. The van der Waals surface area contributed by atoms with E-state index >= 15 is 0 Å². The molecule has 0 radical (unpaired) electrons. The number of esters is 1. The number of fused-ring (bicyclic) bond motifs is 1. The molecule has 0 bridgehead atoms. The van der Waals surface area contributed by atoms with E-state index < -0.39 is 29.1 Å². The molecule has 1 heterocycles. The van der Waals surface area contributed by atoms with Gasteiger partial charge in [0.05, 0.1) is 13.7 Å². The van der Waals surface area contributed by atoms with Gasteiger partial charge in [0, 0.05) is 12.0 Å². The predicted octanol–water partition coefficient (Wildman–Crippen LogP) is 2.83. The minimum absolute atomic E-state index is 0.0356. The molecule has 6 nitrogen and oxygen atoms in total. The Bertz CT molecular complexity index is 668. The molecule has 0 saturated heterocycles. The summed E-state index contributed by atoms with van der Waals surface area (Å²) in [7, 11) is 1.22. The Morgan fingerprint density at radius 3 is 2.62 bits per heavy atom. The highest BCUT2D eigenvalue weighted by Gasteiger charge is 2.38. The zero-order chi connectivity index (χ0) is 18.1. The van der Waals surface area contributed by atoms with Gasteiger partial charge in [-0.15, -0.1) is 0 Å². The van der Waals surface area contributed by atoms with Crippen molar-refractivity contribution in [2.75, 3.05) is 13.7 Å². The van der Waals surface area contributed by atoms with Crippen LogP contribution in [0.1, 0.15) is 43.6 Å². The van der Waals surface area contributed by atoms with Crippen LogP contribution in [0.3, 0.4) is 0 Å². The lowest BCUT2D eigenvalue weighted by molar-refractivity contribution is 0.0439. The number of rotatable bonds is 3. The minimum Gasteiger partial charge on any atom is -0.484 e. The van der Waals surface area contributed by atoms with Gasteiger partial charge in [-0.3, -0.25) is 0 Å². The maximum Gasteiger partial charge on any atom is 0.407 e. The molecule has 0 aromatic heterocycles. The van der Waals surface area contributed by atoms with E-state index in [4.69, 9.17) is 9.47 Å². The molecule has 1 aliphatic heterocycles. The van der Waals surface area contributed by atoms with Gasteiger partial charge in [-0.1, -0.05) is 0 Å². The van der Waals surface area contributed by atoms with Crippen LogP contribution in [0.15, 0.2) is 12.1 Å². The summed E-state index contributed by atoms with van der Waals surface area (Å²) in [6, 6.07) is 2.40. The van der Waals surface area contributed by atoms with Crippen molar-refractivity contribution < 1.29 is 28.2 Å². The van der Waals surface area contributed by atoms with E-state index in [-0.39, 0.29) is 17.9 Å². The highest BCUT2D eigenvalue weighted by Crippen LogP contribution is 2.38. The van der Waals surface area contributed by atoms with E-state index in [0.717, 1.165) is 6.07 Å². The number of nitrogens with one attached hydrogen (secondary N) is 1. The van der Waals surface area contributed by atoms with Crippen LogP contribution in [0.2, 0.25) is 0 Å². The summed E-state index contributed by atoms with van der Waals surface area (Å²) in [6.07, 6.45) is -0.220. The number of hydrogen-bond acceptors (Lipinski definition) is 5. The quantitative estimate of drug-likeness (QED) is 0.857. The maximum absolute atomic E-state index is 13.7. The predicted molar refractivity (Wildman–Crippen MR) is 84.7 cm³/mol. The molecular weight excluding hydrogens is 317 g/mol. The number of methoxy groups -OCH3 is 1. The first-order valence-corrected chi connectivity index (χ1v) is 7.60. The Morgan fingerprint density at radius 1 is 1.38 bits per heavy atom. The van der Waals surface area contributed by atoms with E-state index in [1.807, 2.05) is 0 Å². The van der Waals surface area contributed by atoms with Gasteiger partial charge < -0.3 is 19.5 Å². The lowest BCUT2D eigenvalue weighted by Gasteiger charge is -2.26. The Morgan fingerprint density at radius 2 is 2.04 bits per heavy atom. The summed E-state index contributed by atoms with van der Waals surface area (Å²) in [5, 5.41) is 2.64. The molecule has 0 saturated carbocycles. The summed E-state index contributed by atoms with van der Waals surface area (Å²) in [5.41, 5.74) is -0.820. The summed E-state index contributed by atoms with van der Waals surface area (Å²) >= 11 is 0. The smallest absolute Gasteiger partial charge is 0.407 e. The SMILES string of the molecule is COC(=O)c1cc(F)cc2c1OC(C)(CNC(=O)OC(C)(C)C)C2. The fourth-order valence-corrected chi connectivity index (χ4v) is 2.52. The van der Waals surface area contributed by atoms with Crippen LogP contribution in [0, 0.1) is 5.82 Å². The molecule has 1 N–H and O–H groups in total. The lowest BCUT2D eigenvalue weighted by Crippen LogP contribution is -2.45. The van der Waals surface area contributed by atoms with Crippen molar-refractivity contribution in [2.24, 2.45) is 0 Å². The molecule has 0 aliphatic carbocycles. The van der Waals surface area contributed by atoms with Gasteiger partial charge in [-0.05, 0) is 39.8 Å². The van der Waals surface area contributed by atoms with Crippen LogP contribution in [0.25, 0.3) is 0 Å². The Balaban J connectivity index is 2.12. The van der Waals surface area contributed by atoms with E-state index in [0.29, 0.717) is 12.0 Å². The second-order valence-corrected chi connectivity index (χ2v) is 7.02. The van der Waals surface area contributed by atoms with Gasteiger partial charge in [-0.25, -0.2) is 14.0 Å². The first-order valence-electron chi connectivity index (χ1n) is 7.60. The van der Waals surface area contributed by atoms with Gasteiger partial charge in [0.15, 0.2) is 0 Å². The highest BCUT2D eigenvalue weighted by atomic mass is 19.1. The van der Waals surface area contributed by atoms with E-state index in [9.17, 15) is 14.0 Å². The molecule has 1 unspecified atom stereocenters. The fraction of sp³-hybridized carbons (Fsp3) is 0.529. The molecular formula is C17H22FNO5. The van der Waals surface area contributed by atoms with Crippen LogP contribution in [-0.4, -0.2) is 36.9 Å². The highest BCUT2D eigenvalue weighted by molar-refractivity contribution is 5.93. The molecule has 0 spiro atoms. The van der Waals surface area contributed by atoms with Crippen molar-refractivity contribution in [3.63, 3.8) is 0 Å². The second-order valence-electron chi connectivity index (χ2n) is 7.02. The Labute approximate surface area is 140 Å². The van der Waals surface area contributed by atoms with Crippen molar-refractivity contribution in [1.82, 2.24) is 5.32 Å². The first kappa shape index (κ1) is 18.0. The second kappa shape index (κ2) is 6.30. The number of hydrogen-bond donors (Lipinski definition) is 1. The first-order chi connectivity index (χ1) is 11.0. The number of carbonyl (C=O) groups is 2. The van der Waals surface area contributed by atoms with Crippen LogP contribution in [0.5, 0.6) is 5.75 Å². The summed E-state index contributed by atoms with van der Waals surface area (Å²) < 4.78 is 29.4. The van der Waals surface area contributed by atoms with Gasteiger partial charge in [0.1, 0.15) is 28.3 Å². The molecule has 132 valence electrons. The zero-order valence-corrected chi connectivity index (χ0v) is 14.5. The zero-order valence-electron chi connectivity index (χ0n) is 14.5. The standard InChI is InChI=1S/C17H22FNO5/c1-16(2,3)24-15(21)19-9-17(4)8-10-6-11(18)7-12(13(10)23-17)14(20)22-5/h6-7H,8-9H2,1-5H3,(H,19,21). The van der Waals surface area contributed by atoms with Crippen molar-refractivity contribution in [2.45, 2.75) is 45.3 Å². The van der Waals surface area contributed by atoms with Crippen molar-refractivity contribution >= 4 is 12.1 Å². The third-order valence-electron chi connectivity index (χ3n) is 3.45. The number of alkyl carbamates (subject to hydrolysis) is 1. The van der Waals surface area contributed by atoms with Crippen LogP contribution in [-0.2, 0) is 15.9 Å². The minimum atomic E-state index is -0.810. The average Bonchev–Trinajstić information content (AvgIpc) is 2.78. The number of ether oxygens (including phenoxy) is 3. The number of amides is 1. The van der Waals surface area contributed by atoms with Gasteiger partial charge in [-0.2, -0.15) is 0 Å². The van der Waals surface area contributed by atoms with Gasteiger partial charge in [0.2, 0.25) is 0 Å². The summed E-state index contributed by atoms with van der Waals surface area (Å²) in [4.78, 5) is 23.6. The molecule has 1 aromatic carbocycles. The molecule has 0 fully saturated rings. The number of halogens is 1. The molecule has 2 rings (SSSR count). The largest absolute Gasteiger partial charge is 0.484 e. The van der Waals surface area contributed by atoms with Crippen LogP contribution in [0.4, 0.5) is 9.18 Å². The van der Waals surface area contributed by atoms with Crippen molar-refractivity contribution in [3.8, 4) is 5.75 Å².